The molecule has 0 radical (unpaired) electrons. The Morgan fingerprint density at radius 2 is 1.81 bits per heavy atom. The smallest absolute Gasteiger partial charge is 0.336 e. The minimum atomic E-state index is -1.17. The van der Waals surface area contributed by atoms with Gasteiger partial charge in [0.15, 0.2) is 11.5 Å². The molecule has 0 spiro atoms. The SMILES string of the molecule is C=Cc1c(C(=O)O)cc(O)c(O)c1CCc1ccccc1. The maximum Gasteiger partial charge on any atom is 0.336 e. The maximum atomic E-state index is 11.2. The Hall–Kier alpha value is -2.75. The lowest BCUT2D eigenvalue weighted by Gasteiger charge is -2.13. The lowest BCUT2D eigenvalue weighted by molar-refractivity contribution is 0.0696. The van der Waals surface area contributed by atoms with Crippen LogP contribution in [0.2, 0.25) is 0 Å². The number of carboxylic acid groups (broad SMARTS) is 1. The second-order valence-electron chi connectivity index (χ2n) is 4.68. The summed E-state index contributed by atoms with van der Waals surface area (Å²) < 4.78 is 0. The molecular formula is C17H16O4. The van der Waals surface area contributed by atoms with E-state index in [1.165, 1.54) is 6.08 Å². The average Bonchev–Trinajstić information content (AvgIpc) is 2.49. The third-order valence-electron chi connectivity index (χ3n) is 3.37. The molecule has 0 bridgehead atoms. The van der Waals surface area contributed by atoms with Crippen LogP contribution in [0.5, 0.6) is 11.5 Å². The van der Waals surface area contributed by atoms with Crippen molar-refractivity contribution in [1.29, 1.82) is 0 Å². The minimum Gasteiger partial charge on any atom is -0.504 e. The van der Waals surface area contributed by atoms with Crippen LogP contribution in [0.25, 0.3) is 6.08 Å². The molecule has 4 heteroatoms. The molecule has 0 unspecified atom stereocenters. The van der Waals surface area contributed by atoms with E-state index in [4.69, 9.17) is 0 Å². The van der Waals surface area contributed by atoms with Crippen molar-refractivity contribution >= 4 is 12.0 Å². The van der Waals surface area contributed by atoms with Crippen molar-refractivity contribution in [2.24, 2.45) is 0 Å². The fraction of sp³-hybridized carbons (Fsp3) is 0.118. The Morgan fingerprint density at radius 1 is 1.14 bits per heavy atom. The molecule has 2 rings (SSSR count). The first-order chi connectivity index (χ1) is 10.0. The average molecular weight is 284 g/mol. The highest BCUT2D eigenvalue weighted by molar-refractivity contribution is 5.94. The standard InChI is InChI=1S/C17H16O4/c1-2-12-13(9-8-11-6-4-3-5-7-11)16(19)15(18)10-14(12)17(20)21/h2-7,10,18-19H,1,8-9H2,(H,20,21). The zero-order chi connectivity index (χ0) is 15.4. The van der Waals surface area contributed by atoms with Crippen molar-refractivity contribution in [2.45, 2.75) is 12.8 Å². The first-order valence-corrected chi connectivity index (χ1v) is 6.52. The van der Waals surface area contributed by atoms with Crippen molar-refractivity contribution in [3.8, 4) is 11.5 Å². The number of carboxylic acids is 1. The van der Waals surface area contributed by atoms with Gasteiger partial charge in [0.25, 0.3) is 0 Å². The van der Waals surface area contributed by atoms with E-state index in [9.17, 15) is 20.1 Å². The van der Waals surface area contributed by atoms with Crippen molar-refractivity contribution in [1.82, 2.24) is 0 Å². The van der Waals surface area contributed by atoms with Gasteiger partial charge in [-0.15, -0.1) is 0 Å². The molecule has 0 heterocycles. The molecule has 2 aromatic carbocycles. The van der Waals surface area contributed by atoms with E-state index >= 15 is 0 Å². The van der Waals surface area contributed by atoms with Gasteiger partial charge < -0.3 is 15.3 Å². The maximum absolute atomic E-state index is 11.2. The fourth-order valence-electron chi connectivity index (χ4n) is 2.30. The highest BCUT2D eigenvalue weighted by Gasteiger charge is 2.19. The summed E-state index contributed by atoms with van der Waals surface area (Å²) in [5.74, 6) is -1.88. The van der Waals surface area contributed by atoms with E-state index < -0.39 is 11.7 Å². The highest BCUT2D eigenvalue weighted by atomic mass is 16.4. The molecule has 2 aromatic rings. The third-order valence-corrected chi connectivity index (χ3v) is 3.37. The van der Waals surface area contributed by atoms with Gasteiger partial charge in [-0.3, -0.25) is 0 Å². The summed E-state index contributed by atoms with van der Waals surface area (Å²) in [6.45, 7) is 3.60. The van der Waals surface area contributed by atoms with E-state index in [1.807, 2.05) is 30.3 Å². The molecule has 0 saturated heterocycles. The van der Waals surface area contributed by atoms with Gasteiger partial charge in [0, 0.05) is 5.56 Å². The van der Waals surface area contributed by atoms with Crippen molar-refractivity contribution in [2.75, 3.05) is 0 Å². The van der Waals surface area contributed by atoms with E-state index in [1.54, 1.807) is 0 Å². The van der Waals surface area contributed by atoms with Gasteiger partial charge in [-0.1, -0.05) is 43.0 Å². The molecule has 0 aliphatic carbocycles. The molecule has 21 heavy (non-hydrogen) atoms. The fourth-order valence-corrected chi connectivity index (χ4v) is 2.30. The van der Waals surface area contributed by atoms with Crippen molar-refractivity contribution < 1.29 is 20.1 Å². The van der Waals surface area contributed by atoms with Crippen LogP contribution in [0.1, 0.15) is 27.0 Å². The molecule has 0 amide bonds. The second kappa shape index (κ2) is 6.13. The van der Waals surface area contributed by atoms with E-state index in [0.29, 0.717) is 24.0 Å². The van der Waals surface area contributed by atoms with Gasteiger partial charge in [-0.05, 0) is 30.0 Å². The van der Waals surface area contributed by atoms with Gasteiger partial charge >= 0.3 is 5.97 Å². The number of aromatic carboxylic acids is 1. The van der Waals surface area contributed by atoms with Crippen molar-refractivity contribution in [3.05, 3.63) is 65.2 Å². The van der Waals surface area contributed by atoms with Crippen LogP contribution in [-0.4, -0.2) is 21.3 Å². The molecule has 0 fully saturated rings. The molecule has 0 aliphatic rings. The van der Waals surface area contributed by atoms with Gasteiger partial charge in [0.05, 0.1) is 5.56 Å². The van der Waals surface area contributed by atoms with E-state index in [2.05, 4.69) is 6.58 Å². The first kappa shape index (κ1) is 14.7. The van der Waals surface area contributed by atoms with Crippen LogP contribution in [-0.2, 0) is 12.8 Å². The number of rotatable bonds is 5. The van der Waals surface area contributed by atoms with Gasteiger partial charge in [0.1, 0.15) is 0 Å². The highest BCUT2D eigenvalue weighted by Crippen LogP contribution is 2.35. The van der Waals surface area contributed by atoms with Crippen LogP contribution in [0.4, 0.5) is 0 Å². The molecule has 3 N–H and O–H groups in total. The topological polar surface area (TPSA) is 77.8 Å². The van der Waals surface area contributed by atoms with Crippen molar-refractivity contribution in [3.63, 3.8) is 0 Å². The normalized spacial score (nSPS) is 10.3. The Kier molecular flexibility index (Phi) is 4.28. The number of carbonyl (C=O) groups is 1. The Morgan fingerprint density at radius 3 is 2.38 bits per heavy atom. The van der Waals surface area contributed by atoms with Crippen LogP contribution < -0.4 is 0 Å². The summed E-state index contributed by atoms with van der Waals surface area (Å²) in [5.41, 5.74) is 1.73. The molecule has 0 saturated carbocycles. The molecule has 0 aliphatic heterocycles. The van der Waals surface area contributed by atoms with Gasteiger partial charge in [-0.25, -0.2) is 4.79 Å². The molecule has 4 nitrogen and oxygen atoms in total. The Bertz CT molecular complexity index is 675. The number of hydrogen-bond donors (Lipinski definition) is 3. The minimum absolute atomic E-state index is 0.0663. The quantitative estimate of drug-likeness (QED) is 0.737. The first-order valence-electron chi connectivity index (χ1n) is 6.52. The number of aromatic hydroxyl groups is 2. The third kappa shape index (κ3) is 3.05. The summed E-state index contributed by atoms with van der Waals surface area (Å²) in [6.07, 6.45) is 2.42. The number of phenols is 2. The number of phenolic OH excluding ortho intramolecular Hbond substituents is 2. The number of benzene rings is 2. The Labute approximate surface area is 122 Å². The molecule has 108 valence electrons. The zero-order valence-electron chi connectivity index (χ0n) is 11.4. The Balaban J connectivity index is 2.41. The largest absolute Gasteiger partial charge is 0.504 e. The lowest BCUT2D eigenvalue weighted by Crippen LogP contribution is -2.04. The van der Waals surface area contributed by atoms with Gasteiger partial charge in [-0.2, -0.15) is 0 Å². The van der Waals surface area contributed by atoms with Crippen LogP contribution in [0.15, 0.2) is 43.0 Å². The molecule has 0 aromatic heterocycles. The monoisotopic (exact) mass is 284 g/mol. The number of aryl methyl sites for hydroxylation is 1. The second-order valence-corrected chi connectivity index (χ2v) is 4.68. The predicted molar refractivity (Wildman–Crippen MR) is 80.7 cm³/mol. The summed E-state index contributed by atoms with van der Waals surface area (Å²) in [7, 11) is 0. The van der Waals surface area contributed by atoms with Crippen LogP contribution in [0, 0.1) is 0 Å². The summed E-state index contributed by atoms with van der Waals surface area (Å²) in [4.78, 5) is 11.2. The van der Waals surface area contributed by atoms with Crippen LogP contribution >= 0.6 is 0 Å². The number of hydrogen-bond acceptors (Lipinski definition) is 3. The van der Waals surface area contributed by atoms with Crippen LogP contribution in [0.3, 0.4) is 0 Å². The predicted octanol–water partition coefficient (Wildman–Crippen LogP) is 3.22. The summed E-state index contributed by atoms with van der Waals surface area (Å²) in [6, 6.07) is 10.7. The van der Waals surface area contributed by atoms with Gasteiger partial charge in [0.2, 0.25) is 0 Å². The lowest BCUT2D eigenvalue weighted by atomic mass is 9.94. The summed E-state index contributed by atoms with van der Waals surface area (Å²) in [5, 5.41) is 28.9. The van der Waals surface area contributed by atoms with E-state index in [0.717, 1.165) is 11.6 Å². The zero-order valence-corrected chi connectivity index (χ0v) is 11.4. The van der Waals surface area contributed by atoms with E-state index in [-0.39, 0.29) is 11.3 Å². The molecule has 0 atom stereocenters. The summed E-state index contributed by atoms with van der Waals surface area (Å²) >= 11 is 0. The molecular weight excluding hydrogens is 268 g/mol.